The molecule has 0 radical (unpaired) electrons. The largest absolute Gasteiger partial charge is 0.398 e. The molecule has 1 rings (SSSR count). The highest BCUT2D eigenvalue weighted by atomic mass is 32.2. The number of amides is 1. The lowest BCUT2D eigenvalue weighted by atomic mass is 10.2. The Labute approximate surface area is 120 Å². The lowest BCUT2D eigenvalue weighted by molar-refractivity contribution is -0.119. The molecule has 0 aliphatic carbocycles. The van der Waals surface area contributed by atoms with Gasteiger partial charge < -0.3 is 11.1 Å². The van der Waals surface area contributed by atoms with Crippen molar-refractivity contribution in [3.05, 3.63) is 23.8 Å². The van der Waals surface area contributed by atoms with Crippen LogP contribution in [0.5, 0.6) is 0 Å². The van der Waals surface area contributed by atoms with Gasteiger partial charge in [-0.25, -0.2) is 8.42 Å². The van der Waals surface area contributed by atoms with E-state index in [2.05, 4.69) is 5.32 Å². The number of nitrogens with one attached hydrogen (secondary N) is 1. The van der Waals surface area contributed by atoms with Gasteiger partial charge in [0.1, 0.15) is 5.75 Å². The summed E-state index contributed by atoms with van der Waals surface area (Å²) in [5.74, 6) is -1.07. The van der Waals surface area contributed by atoms with Crippen LogP contribution >= 0.6 is 0 Å². The van der Waals surface area contributed by atoms with E-state index in [9.17, 15) is 13.2 Å². The smallest absolute Gasteiger partial charge is 0.235 e. The summed E-state index contributed by atoms with van der Waals surface area (Å²) in [5.41, 5.74) is 6.65. The molecular formula is C14H22N2O3S. The molecule has 0 fully saturated rings. The average Bonchev–Trinajstić information content (AvgIpc) is 2.31. The number of anilines is 1. The van der Waals surface area contributed by atoms with Crippen LogP contribution in [0.2, 0.25) is 0 Å². The van der Waals surface area contributed by atoms with E-state index in [1.807, 2.05) is 13.8 Å². The first-order valence-electron chi connectivity index (χ1n) is 6.64. The summed E-state index contributed by atoms with van der Waals surface area (Å²) in [4.78, 5) is 11.8. The number of sulfone groups is 1. The second kappa shape index (κ2) is 6.74. The van der Waals surface area contributed by atoms with Crippen LogP contribution in [0.1, 0.15) is 32.3 Å². The van der Waals surface area contributed by atoms with Crippen molar-refractivity contribution in [3.63, 3.8) is 0 Å². The molecule has 1 atom stereocenters. The molecule has 3 N–H and O–H groups in total. The SMILES string of the molecule is CCCC(C)NC(=O)CS(=O)(=O)c1cc(C)ccc1N. The number of hydrogen-bond donors (Lipinski definition) is 2. The van der Waals surface area contributed by atoms with Crippen molar-refractivity contribution in [1.82, 2.24) is 5.32 Å². The van der Waals surface area contributed by atoms with Gasteiger partial charge in [0.05, 0.1) is 10.6 Å². The standard InChI is InChI=1S/C14H22N2O3S/c1-4-5-11(3)16-14(17)9-20(18,19)13-8-10(2)6-7-12(13)15/h6-8,11H,4-5,9,15H2,1-3H3,(H,16,17). The molecule has 1 aromatic rings. The molecule has 0 bridgehead atoms. The summed E-state index contributed by atoms with van der Waals surface area (Å²) in [6.45, 7) is 5.64. The summed E-state index contributed by atoms with van der Waals surface area (Å²) < 4.78 is 24.4. The molecule has 20 heavy (non-hydrogen) atoms. The number of hydrogen-bond acceptors (Lipinski definition) is 4. The van der Waals surface area contributed by atoms with Gasteiger partial charge >= 0.3 is 0 Å². The van der Waals surface area contributed by atoms with Crippen LogP contribution in [0.4, 0.5) is 5.69 Å². The molecule has 0 aliphatic heterocycles. The van der Waals surface area contributed by atoms with Crippen LogP contribution < -0.4 is 11.1 Å². The molecule has 6 heteroatoms. The number of benzene rings is 1. The van der Waals surface area contributed by atoms with Crippen LogP contribution in [-0.2, 0) is 14.6 Å². The van der Waals surface area contributed by atoms with Crippen molar-refractivity contribution in [2.24, 2.45) is 0 Å². The van der Waals surface area contributed by atoms with Crippen molar-refractivity contribution < 1.29 is 13.2 Å². The summed E-state index contributed by atoms with van der Waals surface area (Å²) in [5, 5.41) is 2.68. The average molecular weight is 298 g/mol. The van der Waals surface area contributed by atoms with Crippen molar-refractivity contribution in [2.75, 3.05) is 11.5 Å². The topological polar surface area (TPSA) is 89.3 Å². The highest BCUT2D eigenvalue weighted by Gasteiger charge is 2.22. The second-order valence-corrected chi connectivity index (χ2v) is 7.02. The minimum absolute atomic E-state index is 0.0239. The van der Waals surface area contributed by atoms with Crippen LogP contribution in [0, 0.1) is 6.92 Å². The number of carbonyl (C=O) groups excluding carboxylic acids is 1. The van der Waals surface area contributed by atoms with Crippen molar-refractivity contribution in [3.8, 4) is 0 Å². The molecule has 0 spiro atoms. The monoisotopic (exact) mass is 298 g/mol. The van der Waals surface area contributed by atoms with E-state index in [4.69, 9.17) is 5.73 Å². The predicted octanol–water partition coefficient (Wildman–Crippen LogP) is 1.66. The Hall–Kier alpha value is -1.56. The maximum Gasteiger partial charge on any atom is 0.235 e. The van der Waals surface area contributed by atoms with E-state index < -0.39 is 21.5 Å². The van der Waals surface area contributed by atoms with Crippen LogP contribution in [0.3, 0.4) is 0 Å². The first-order valence-corrected chi connectivity index (χ1v) is 8.29. The minimum atomic E-state index is -3.71. The molecule has 0 saturated carbocycles. The van der Waals surface area contributed by atoms with E-state index in [0.29, 0.717) is 0 Å². The Kier molecular flexibility index (Phi) is 5.56. The molecule has 0 saturated heterocycles. The fourth-order valence-corrected chi connectivity index (χ4v) is 3.36. The van der Waals surface area contributed by atoms with Gasteiger partial charge in [-0.2, -0.15) is 0 Å². The quantitative estimate of drug-likeness (QED) is 0.782. The Balaban J connectivity index is 2.85. The van der Waals surface area contributed by atoms with E-state index in [1.165, 1.54) is 6.07 Å². The fraction of sp³-hybridized carbons (Fsp3) is 0.500. The maximum absolute atomic E-state index is 12.2. The number of nitrogen functional groups attached to an aromatic ring is 1. The minimum Gasteiger partial charge on any atom is -0.398 e. The first-order chi connectivity index (χ1) is 9.26. The van der Waals surface area contributed by atoms with Gasteiger partial charge in [-0.3, -0.25) is 4.79 Å². The number of nitrogens with two attached hydrogens (primary N) is 1. The Bertz CT molecular complexity index is 582. The zero-order chi connectivity index (χ0) is 15.3. The fourth-order valence-electron chi connectivity index (χ4n) is 1.98. The molecule has 112 valence electrons. The second-order valence-electron chi connectivity index (χ2n) is 5.06. The summed E-state index contributed by atoms with van der Waals surface area (Å²) >= 11 is 0. The van der Waals surface area contributed by atoms with E-state index in [1.54, 1.807) is 19.1 Å². The molecule has 0 aromatic heterocycles. The van der Waals surface area contributed by atoms with Crippen LogP contribution in [0.25, 0.3) is 0 Å². The molecule has 1 aromatic carbocycles. The highest BCUT2D eigenvalue weighted by molar-refractivity contribution is 7.92. The molecule has 5 nitrogen and oxygen atoms in total. The van der Waals surface area contributed by atoms with Gasteiger partial charge in [0, 0.05) is 6.04 Å². The molecule has 1 amide bonds. The van der Waals surface area contributed by atoms with E-state index in [0.717, 1.165) is 18.4 Å². The third kappa shape index (κ3) is 4.52. The normalized spacial score (nSPS) is 12.9. The Morgan fingerprint density at radius 3 is 2.65 bits per heavy atom. The summed E-state index contributed by atoms with van der Waals surface area (Å²) in [6, 6.07) is 4.74. The highest BCUT2D eigenvalue weighted by Crippen LogP contribution is 2.20. The van der Waals surface area contributed by atoms with E-state index in [-0.39, 0.29) is 16.6 Å². The van der Waals surface area contributed by atoms with Crippen LogP contribution in [0.15, 0.2) is 23.1 Å². The lowest BCUT2D eigenvalue weighted by Crippen LogP contribution is -2.36. The Morgan fingerprint density at radius 2 is 2.05 bits per heavy atom. The molecule has 0 aliphatic rings. The zero-order valence-corrected chi connectivity index (χ0v) is 13.0. The maximum atomic E-state index is 12.2. The predicted molar refractivity (Wildman–Crippen MR) is 80.2 cm³/mol. The van der Waals surface area contributed by atoms with Gasteiger partial charge in [-0.05, 0) is 38.0 Å². The molecular weight excluding hydrogens is 276 g/mol. The number of carbonyl (C=O) groups is 1. The molecule has 1 unspecified atom stereocenters. The van der Waals surface area contributed by atoms with Crippen LogP contribution in [-0.4, -0.2) is 26.1 Å². The van der Waals surface area contributed by atoms with Gasteiger partial charge in [-0.1, -0.05) is 19.4 Å². The summed E-state index contributed by atoms with van der Waals surface area (Å²) in [6.07, 6.45) is 1.75. The number of rotatable bonds is 6. The van der Waals surface area contributed by atoms with Crippen molar-refractivity contribution in [2.45, 2.75) is 44.6 Å². The first kappa shape index (κ1) is 16.5. The van der Waals surface area contributed by atoms with Gasteiger partial charge in [-0.15, -0.1) is 0 Å². The number of aryl methyl sites for hydroxylation is 1. The van der Waals surface area contributed by atoms with Gasteiger partial charge in [0.25, 0.3) is 0 Å². The van der Waals surface area contributed by atoms with E-state index >= 15 is 0 Å². The zero-order valence-electron chi connectivity index (χ0n) is 12.1. The van der Waals surface area contributed by atoms with Gasteiger partial charge in [0.2, 0.25) is 5.91 Å². The Morgan fingerprint density at radius 1 is 1.40 bits per heavy atom. The summed E-state index contributed by atoms with van der Waals surface area (Å²) in [7, 11) is -3.71. The van der Waals surface area contributed by atoms with Crippen molar-refractivity contribution in [1.29, 1.82) is 0 Å². The lowest BCUT2D eigenvalue weighted by Gasteiger charge is -2.13. The third-order valence-corrected chi connectivity index (χ3v) is 4.62. The van der Waals surface area contributed by atoms with Gasteiger partial charge in [0.15, 0.2) is 9.84 Å². The molecule has 0 heterocycles. The third-order valence-electron chi connectivity index (χ3n) is 2.95. The van der Waals surface area contributed by atoms with Crippen molar-refractivity contribution >= 4 is 21.4 Å².